The van der Waals surface area contributed by atoms with Gasteiger partial charge in [-0.25, -0.2) is 0 Å². The molecule has 1 heterocycles. The van der Waals surface area contributed by atoms with Crippen LogP contribution < -0.4 is 14.8 Å². The van der Waals surface area contributed by atoms with Gasteiger partial charge in [-0.2, -0.15) is 0 Å². The van der Waals surface area contributed by atoms with Crippen molar-refractivity contribution in [3.05, 3.63) is 23.8 Å². The minimum Gasteiger partial charge on any atom is -0.493 e. The second kappa shape index (κ2) is 7.88. The predicted molar refractivity (Wildman–Crippen MR) is 81.7 cm³/mol. The van der Waals surface area contributed by atoms with Crippen molar-refractivity contribution >= 4 is 5.91 Å². The van der Waals surface area contributed by atoms with Gasteiger partial charge in [-0.05, 0) is 37.5 Å². The van der Waals surface area contributed by atoms with Gasteiger partial charge in [0.05, 0.1) is 20.3 Å². The Labute approximate surface area is 126 Å². The highest BCUT2D eigenvalue weighted by Gasteiger charge is 2.17. The molecule has 0 unspecified atom stereocenters. The summed E-state index contributed by atoms with van der Waals surface area (Å²) in [4.78, 5) is 13.8. The van der Waals surface area contributed by atoms with Crippen LogP contribution in [0.1, 0.15) is 25.3 Å². The SMILES string of the molecule is CCOc1ccc(CNCC(=O)N2CCCC2)cc1OC. The molecule has 2 rings (SSSR count). The Morgan fingerprint density at radius 1 is 1.29 bits per heavy atom. The summed E-state index contributed by atoms with van der Waals surface area (Å²) < 4.78 is 10.8. The summed E-state index contributed by atoms with van der Waals surface area (Å²) in [7, 11) is 1.63. The standard InChI is InChI=1S/C16H24N2O3/c1-3-21-14-7-6-13(10-15(14)20-2)11-17-12-16(19)18-8-4-5-9-18/h6-7,10,17H,3-5,8-9,11-12H2,1-2H3. The Morgan fingerprint density at radius 2 is 2.05 bits per heavy atom. The molecular formula is C16H24N2O3. The van der Waals surface area contributed by atoms with E-state index >= 15 is 0 Å². The summed E-state index contributed by atoms with van der Waals surface area (Å²) in [5, 5.41) is 3.19. The molecule has 1 aliphatic rings. The number of hydrogen-bond acceptors (Lipinski definition) is 4. The second-order valence-corrected chi connectivity index (χ2v) is 5.11. The molecule has 0 aromatic heterocycles. The molecule has 0 spiro atoms. The fourth-order valence-corrected chi connectivity index (χ4v) is 2.49. The maximum Gasteiger partial charge on any atom is 0.236 e. The maximum atomic E-state index is 11.9. The Hall–Kier alpha value is -1.75. The van der Waals surface area contributed by atoms with Crippen LogP contribution in [-0.4, -0.2) is 44.2 Å². The molecule has 0 bridgehead atoms. The van der Waals surface area contributed by atoms with Crippen molar-refractivity contribution < 1.29 is 14.3 Å². The van der Waals surface area contributed by atoms with Gasteiger partial charge in [0.2, 0.25) is 5.91 Å². The maximum absolute atomic E-state index is 11.9. The first-order valence-corrected chi connectivity index (χ1v) is 7.52. The van der Waals surface area contributed by atoms with Gasteiger partial charge in [-0.1, -0.05) is 6.07 Å². The zero-order valence-electron chi connectivity index (χ0n) is 12.9. The van der Waals surface area contributed by atoms with E-state index in [1.165, 1.54) is 0 Å². The third kappa shape index (κ3) is 4.36. The summed E-state index contributed by atoms with van der Waals surface area (Å²) in [5.41, 5.74) is 1.07. The quantitative estimate of drug-likeness (QED) is 0.832. The first kappa shape index (κ1) is 15.6. The molecular weight excluding hydrogens is 268 g/mol. The van der Waals surface area contributed by atoms with Gasteiger partial charge in [0.1, 0.15) is 0 Å². The van der Waals surface area contributed by atoms with Crippen LogP contribution in [0.15, 0.2) is 18.2 Å². The number of carbonyl (C=O) groups excluding carboxylic acids is 1. The largest absolute Gasteiger partial charge is 0.493 e. The van der Waals surface area contributed by atoms with Crippen LogP contribution in [0.3, 0.4) is 0 Å². The molecule has 1 N–H and O–H groups in total. The van der Waals surface area contributed by atoms with Crippen molar-refractivity contribution in [3.8, 4) is 11.5 Å². The molecule has 116 valence electrons. The van der Waals surface area contributed by atoms with E-state index in [0.717, 1.165) is 43.0 Å². The molecule has 1 saturated heterocycles. The van der Waals surface area contributed by atoms with Gasteiger partial charge in [0, 0.05) is 19.6 Å². The van der Waals surface area contributed by atoms with Crippen LogP contribution >= 0.6 is 0 Å². The molecule has 5 heteroatoms. The average Bonchev–Trinajstić information content (AvgIpc) is 3.03. The highest BCUT2D eigenvalue weighted by Crippen LogP contribution is 2.27. The van der Waals surface area contributed by atoms with E-state index in [-0.39, 0.29) is 5.91 Å². The van der Waals surface area contributed by atoms with E-state index in [1.54, 1.807) is 7.11 Å². The fourth-order valence-electron chi connectivity index (χ4n) is 2.49. The number of likely N-dealkylation sites (tertiary alicyclic amines) is 1. The van der Waals surface area contributed by atoms with Gasteiger partial charge < -0.3 is 19.7 Å². The van der Waals surface area contributed by atoms with E-state index in [4.69, 9.17) is 9.47 Å². The summed E-state index contributed by atoms with van der Waals surface area (Å²) in [5.74, 6) is 1.66. The second-order valence-electron chi connectivity index (χ2n) is 5.11. The Kier molecular flexibility index (Phi) is 5.87. The average molecular weight is 292 g/mol. The Balaban J connectivity index is 1.83. The summed E-state index contributed by atoms with van der Waals surface area (Å²) in [6, 6.07) is 5.83. The van der Waals surface area contributed by atoms with Crippen LogP contribution in [0.4, 0.5) is 0 Å². The molecule has 1 amide bonds. The lowest BCUT2D eigenvalue weighted by Crippen LogP contribution is -2.35. The number of nitrogens with zero attached hydrogens (tertiary/aromatic N) is 1. The van der Waals surface area contributed by atoms with Crippen molar-refractivity contribution in [2.24, 2.45) is 0 Å². The molecule has 0 saturated carbocycles. The number of benzene rings is 1. The molecule has 5 nitrogen and oxygen atoms in total. The van der Waals surface area contributed by atoms with E-state index in [9.17, 15) is 4.79 Å². The molecule has 0 radical (unpaired) electrons. The number of amides is 1. The highest BCUT2D eigenvalue weighted by atomic mass is 16.5. The van der Waals surface area contributed by atoms with Crippen LogP contribution in [0, 0.1) is 0 Å². The van der Waals surface area contributed by atoms with Crippen LogP contribution in [0.2, 0.25) is 0 Å². The first-order valence-electron chi connectivity index (χ1n) is 7.52. The smallest absolute Gasteiger partial charge is 0.236 e. The summed E-state index contributed by atoms with van der Waals surface area (Å²) in [6.07, 6.45) is 2.25. The van der Waals surface area contributed by atoms with Crippen LogP contribution in [-0.2, 0) is 11.3 Å². The Morgan fingerprint density at radius 3 is 2.71 bits per heavy atom. The summed E-state index contributed by atoms with van der Waals surface area (Å²) >= 11 is 0. The van der Waals surface area contributed by atoms with E-state index < -0.39 is 0 Å². The van der Waals surface area contributed by atoms with Gasteiger partial charge in [-0.15, -0.1) is 0 Å². The third-order valence-corrected chi connectivity index (χ3v) is 3.59. The van der Waals surface area contributed by atoms with E-state index in [1.807, 2.05) is 30.0 Å². The fraction of sp³-hybridized carbons (Fsp3) is 0.562. The summed E-state index contributed by atoms with van der Waals surface area (Å²) in [6.45, 7) is 5.38. The molecule has 1 aliphatic heterocycles. The van der Waals surface area contributed by atoms with E-state index in [0.29, 0.717) is 19.7 Å². The molecule has 1 fully saturated rings. The van der Waals surface area contributed by atoms with Crippen LogP contribution in [0.5, 0.6) is 11.5 Å². The topological polar surface area (TPSA) is 50.8 Å². The number of hydrogen-bond donors (Lipinski definition) is 1. The third-order valence-electron chi connectivity index (χ3n) is 3.59. The van der Waals surface area contributed by atoms with Crippen molar-refractivity contribution in [2.45, 2.75) is 26.3 Å². The molecule has 0 aliphatic carbocycles. The number of carbonyl (C=O) groups is 1. The lowest BCUT2D eigenvalue weighted by Gasteiger charge is -2.16. The number of methoxy groups -OCH3 is 1. The number of ether oxygens (including phenoxy) is 2. The Bertz CT molecular complexity index is 471. The van der Waals surface area contributed by atoms with Gasteiger partial charge >= 0.3 is 0 Å². The van der Waals surface area contributed by atoms with Gasteiger partial charge in [-0.3, -0.25) is 4.79 Å². The van der Waals surface area contributed by atoms with Crippen LogP contribution in [0.25, 0.3) is 0 Å². The lowest BCUT2D eigenvalue weighted by molar-refractivity contribution is -0.129. The van der Waals surface area contributed by atoms with Crippen molar-refractivity contribution in [2.75, 3.05) is 33.4 Å². The number of rotatable bonds is 7. The zero-order valence-corrected chi connectivity index (χ0v) is 12.9. The molecule has 0 atom stereocenters. The van der Waals surface area contributed by atoms with E-state index in [2.05, 4.69) is 5.32 Å². The normalized spacial score (nSPS) is 14.3. The lowest BCUT2D eigenvalue weighted by atomic mass is 10.2. The molecule has 1 aromatic rings. The van der Waals surface area contributed by atoms with Gasteiger partial charge in [0.15, 0.2) is 11.5 Å². The highest BCUT2D eigenvalue weighted by molar-refractivity contribution is 5.78. The van der Waals surface area contributed by atoms with Crippen molar-refractivity contribution in [1.82, 2.24) is 10.2 Å². The van der Waals surface area contributed by atoms with Crippen molar-refractivity contribution in [1.29, 1.82) is 0 Å². The van der Waals surface area contributed by atoms with Crippen molar-refractivity contribution in [3.63, 3.8) is 0 Å². The molecule has 21 heavy (non-hydrogen) atoms. The van der Waals surface area contributed by atoms with Gasteiger partial charge in [0.25, 0.3) is 0 Å². The minimum absolute atomic E-state index is 0.186. The number of nitrogens with one attached hydrogen (secondary N) is 1. The predicted octanol–water partition coefficient (Wildman–Crippen LogP) is 1.81. The zero-order chi connectivity index (χ0) is 15.1. The molecule has 1 aromatic carbocycles. The minimum atomic E-state index is 0.186. The monoisotopic (exact) mass is 292 g/mol. The first-order chi connectivity index (χ1) is 10.2.